The molecule has 27 heavy (non-hydrogen) atoms. The highest BCUT2D eigenvalue weighted by Crippen LogP contribution is 2.25. The summed E-state index contributed by atoms with van der Waals surface area (Å²) in [6, 6.07) is 18.8. The largest absolute Gasteiger partial charge is 0.457 e. The molecule has 1 aromatic heterocycles. The molecule has 1 heterocycles. The topological polar surface area (TPSA) is 66.0 Å². The van der Waals surface area contributed by atoms with Gasteiger partial charge in [0.05, 0.1) is 0 Å². The molecule has 0 fully saturated rings. The second kappa shape index (κ2) is 8.07. The number of nitriles is 1. The van der Waals surface area contributed by atoms with Gasteiger partial charge in [0.25, 0.3) is 5.91 Å². The van der Waals surface area contributed by atoms with Gasteiger partial charge in [-0.05, 0) is 61.4 Å². The van der Waals surface area contributed by atoms with Crippen LogP contribution in [0.1, 0.15) is 16.9 Å². The number of furan rings is 1. The molecule has 3 aromatic rings. The van der Waals surface area contributed by atoms with E-state index >= 15 is 0 Å². The molecule has 0 bridgehead atoms. The summed E-state index contributed by atoms with van der Waals surface area (Å²) in [5.41, 5.74) is 3.75. The van der Waals surface area contributed by atoms with Crippen molar-refractivity contribution in [2.45, 2.75) is 13.8 Å². The quantitative estimate of drug-likeness (QED) is 0.423. The second-order valence-electron chi connectivity index (χ2n) is 6.13. The van der Waals surface area contributed by atoms with E-state index in [0.717, 1.165) is 21.2 Å². The Balaban J connectivity index is 1.79. The summed E-state index contributed by atoms with van der Waals surface area (Å²) in [6.07, 6.45) is 1.44. The molecule has 5 heteroatoms. The fourth-order valence-electron chi connectivity index (χ4n) is 2.51. The van der Waals surface area contributed by atoms with Gasteiger partial charge in [-0.1, -0.05) is 34.1 Å². The summed E-state index contributed by atoms with van der Waals surface area (Å²) >= 11 is 3.40. The lowest BCUT2D eigenvalue weighted by Gasteiger charge is -2.06. The van der Waals surface area contributed by atoms with E-state index < -0.39 is 5.91 Å². The maximum atomic E-state index is 12.4. The number of aryl methyl sites for hydroxylation is 2. The number of benzene rings is 2. The Hall–Kier alpha value is -3.10. The zero-order valence-electron chi connectivity index (χ0n) is 14.9. The average molecular weight is 421 g/mol. The predicted octanol–water partition coefficient (Wildman–Crippen LogP) is 5.87. The van der Waals surface area contributed by atoms with Crippen molar-refractivity contribution in [1.29, 1.82) is 5.26 Å². The van der Waals surface area contributed by atoms with Crippen LogP contribution in [0.4, 0.5) is 5.69 Å². The Labute approximate surface area is 166 Å². The van der Waals surface area contributed by atoms with Gasteiger partial charge in [-0.2, -0.15) is 5.26 Å². The molecule has 0 aliphatic rings. The molecular weight excluding hydrogens is 404 g/mol. The summed E-state index contributed by atoms with van der Waals surface area (Å²) in [6.45, 7) is 3.97. The molecule has 1 N–H and O–H groups in total. The molecule has 0 saturated carbocycles. The molecule has 0 aliphatic heterocycles. The van der Waals surface area contributed by atoms with Crippen LogP contribution < -0.4 is 5.32 Å². The molecule has 1 amide bonds. The number of carbonyl (C=O) groups excluding carboxylic acids is 1. The summed E-state index contributed by atoms with van der Waals surface area (Å²) < 4.78 is 6.73. The first-order valence-electron chi connectivity index (χ1n) is 8.32. The first-order valence-corrected chi connectivity index (χ1v) is 9.12. The maximum absolute atomic E-state index is 12.4. The van der Waals surface area contributed by atoms with Crippen LogP contribution in [0.5, 0.6) is 0 Å². The fraction of sp³-hybridized carbons (Fsp3) is 0.0909. The fourth-order valence-corrected chi connectivity index (χ4v) is 2.77. The Morgan fingerprint density at radius 1 is 1.07 bits per heavy atom. The van der Waals surface area contributed by atoms with Gasteiger partial charge in [-0.25, -0.2) is 0 Å². The Morgan fingerprint density at radius 2 is 1.81 bits per heavy atom. The van der Waals surface area contributed by atoms with Crippen LogP contribution in [0.25, 0.3) is 17.4 Å². The molecule has 2 aromatic carbocycles. The van der Waals surface area contributed by atoms with E-state index in [1.54, 1.807) is 6.07 Å². The minimum atomic E-state index is -0.470. The van der Waals surface area contributed by atoms with Crippen LogP contribution in [-0.2, 0) is 4.79 Å². The van der Waals surface area contributed by atoms with Crippen molar-refractivity contribution in [3.8, 4) is 17.4 Å². The standard InChI is InChI=1S/C22H17BrN2O2/c1-14-3-8-19(11-15(14)2)25-22(26)17(13-24)12-20-9-10-21(27-20)16-4-6-18(23)7-5-16/h3-12H,1-2H3,(H,25,26)/b17-12+. The number of hydrogen-bond acceptors (Lipinski definition) is 3. The highest BCUT2D eigenvalue weighted by atomic mass is 79.9. The third-order valence-electron chi connectivity index (χ3n) is 4.17. The molecule has 4 nitrogen and oxygen atoms in total. The van der Waals surface area contributed by atoms with Crippen molar-refractivity contribution in [2.75, 3.05) is 5.32 Å². The lowest BCUT2D eigenvalue weighted by molar-refractivity contribution is -0.112. The molecule has 0 radical (unpaired) electrons. The number of amides is 1. The number of nitrogens with one attached hydrogen (secondary N) is 1. The number of rotatable bonds is 4. The van der Waals surface area contributed by atoms with Crippen molar-refractivity contribution in [3.63, 3.8) is 0 Å². The first kappa shape index (κ1) is 18.7. The summed E-state index contributed by atoms with van der Waals surface area (Å²) in [5, 5.41) is 12.1. The van der Waals surface area contributed by atoms with Crippen LogP contribution in [0.3, 0.4) is 0 Å². The van der Waals surface area contributed by atoms with Crippen molar-refractivity contribution >= 4 is 33.6 Å². The zero-order chi connectivity index (χ0) is 19.4. The summed E-state index contributed by atoms with van der Waals surface area (Å²) in [4.78, 5) is 12.4. The maximum Gasteiger partial charge on any atom is 0.266 e. The molecule has 0 aliphatic carbocycles. The molecule has 0 atom stereocenters. The molecule has 0 saturated heterocycles. The van der Waals surface area contributed by atoms with Gasteiger partial charge in [-0.3, -0.25) is 4.79 Å². The highest BCUT2D eigenvalue weighted by molar-refractivity contribution is 9.10. The molecule has 0 spiro atoms. The van der Waals surface area contributed by atoms with Gasteiger partial charge in [0.15, 0.2) is 0 Å². The minimum absolute atomic E-state index is 0.0232. The Morgan fingerprint density at radius 3 is 2.48 bits per heavy atom. The van der Waals surface area contributed by atoms with E-state index in [1.807, 2.05) is 68.4 Å². The SMILES string of the molecule is Cc1ccc(NC(=O)/C(C#N)=C/c2ccc(-c3ccc(Br)cc3)o2)cc1C. The number of halogens is 1. The smallest absolute Gasteiger partial charge is 0.266 e. The van der Waals surface area contributed by atoms with Crippen LogP contribution in [0.2, 0.25) is 0 Å². The third kappa shape index (κ3) is 4.55. The van der Waals surface area contributed by atoms with Crippen molar-refractivity contribution in [2.24, 2.45) is 0 Å². The van der Waals surface area contributed by atoms with Gasteiger partial charge in [0.1, 0.15) is 23.2 Å². The molecule has 134 valence electrons. The van der Waals surface area contributed by atoms with Gasteiger partial charge >= 0.3 is 0 Å². The van der Waals surface area contributed by atoms with E-state index in [-0.39, 0.29) is 5.57 Å². The van der Waals surface area contributed by atoms with E-state index in [9.17, 15) is 10.1 Å². The average Bonchev–Trinajstić information content (AvgIpc) is 3.12. The van der Waals surface area contributed by atoms with E-state index in [0.29, 0.717) is 17.2 Å². The van der Waals surface area contributed by atoms with Crippen LogP contribution >= 0.6 is 15.9 Å². The van der Waals surface area contributed by atoms with E-state index in [4.69, 9.17) is 4.42 Å². The van der Waals surface area contributed by atoms with Gasteiger partial charge < -0.3 is 9.73 Å². The van der Waals surface area contributed by atoms with Crippen molar-refractivity contribution in [1.82, 2.24) is 0 Å². The normalized spacial score (nSPS) is 11.1. The van der Waals surface area contributed by atoms with Gasteiger partial charge in [0.2, 0.25) is 0 Å². The first-order chi connectivity index (χ1) is 13.0. The minimum Gasteiger partial charge on any atom is -0.457 e. The van der Waals surface area contributed by atoms with Crippen LogP contribution in [0.15, 0.2) is 69.1 Å². The lowest BCUT2D eigenvalue weighted by atomic mass is 10.1. The second-order valence-corrected chi connectivity index (χ2v) is 7.05. The molecular formula is C22H17BrN2O2. The van der Waals surface area contributed by atoms with E-state index in [2.05, 4.69) is 21.2 Å². The monoisotopic (exact) mass is 420 g/mol. The van der Waals surface area contributed by atoms with E-state index in [1.165, 1.54) is 6.08 Å². The third-order valence-corrected chi connectivity index (χ3v) is 4.70. The van der Waals surface area contributed by atoms with Gasteiger partial charge in [-0.15, -0.1) is 0 Å². The number of hydrogen-bond donors (Lipinski definition) is 1. The summed E-state index contributed by atoms with van der Waals surface area (Å²) in [7, 11) is 0. The van der Waals surface area contributed by atoms with Crippen LogP contribution in [-0.4, -0.2) is 5.91 Å². The number of anilines is 1. The Bertz CT molecular complexity index is 1060. The molecule has 0 unspecified atom stereocenters. The lowest BCUT2D eigenvalue weighted by Crippen LogP contribution is -2.13. The molecule has 3 rings (SSSR count). The number of carbonyl (C=O) groups is 1. The highest BCUT2D eigenvalue weighted by Gasteiger charge is 2.12. The van der Waals surface area contributed by atoms with Crippen LogP contribution in [0, 0.1) is 25.2 Å². The Kier molecular flexibility index (Phi) is 5.58. The zero-order valence-corrected chi connectivity index (χ0v) is 16.5. The van der Waals surface area contributed by atoms with Crippen molar-refractivity contribution < 1.29 is 9.21 Å². The van der Waals surface area contributed by atoms with Crippen molar-refractivity contribution in [3.05, 3.63) is 81.5 Å². The number of nitrogens with zero attached hydrogens (tertiary/aromatic N) is 1. The van der Waals surface area contributed by atoms with Gasteiger partial charge in [0, 0.05) is 21.8 Å². The summed E-state index contributed by atoms with van der Waals surface area (Å²) in [5.74, 6) is 0.641. The predicted molar refractivity (Wildman–Crippen MR) is 110 cm³/mol.